The summed E-state index contributed by atoms with van der Waals surface area (Å²) in [7, 11) is 3.20. The van der Waals surface area contributed by atoms with E-state index < -0.39 is 0 Å². The van der Waals surface area contributed by atoms with Gasteiger partial charge in [0.05, 0.1) is 14.2 Å². The molecule has 0 amide bonds. The fourth-order valence-electron chi connectivity index (χ4n) is 1.92. The van der Waals surface area contributed by atoms with Gasteiger partial charge in [-0.05, 0) is 42.3 Å². The van der Waals surface area contributed by atoms with Gasteiger partial charge in [0.2, 0.25) is 5.75 Å². The molecule has 0 saturated carbocycles. The number of benzene rings is 2. The Hall–Kier alpha value is -1.87. The lowest BCUT2D eigenvalue weighted by molar-refractivity contribution is 0.346. The van der Waals surface area contributed by atoms with Crippen molar-refractivity contribution in [2.24, 2.45) is 0 Å². The number of halogens is 1. The average molecular weight is 293 g/mol. The van der Waals surface area contributed by atoms with E-state index in [9.17, 15) is 0 Å². The Labute approximate surface area is 124 Å². The molecule has 0 N–H and O–H groups in total. The third-order valence-electron chi connectivity index (χ3n) is 3.06. The second kappa shape index (κ2) is 6.53. The average Bonchev–Trinajstić information content (AvgIpc) is 2.47. The van der Waals surface area contributed by atoms with Gasteiger partial charge in [0.1, 0.15) is 5.75 Å². The molecule has 0 aliphatic carbocycles. The van der Waals surface area contributed by atoms with Crippen LogP contribution in [0.4, 0.5) is 0 Å². The van der Waals surface area contributed by atoms with Crippen molar-refractivity contribution in [2.45, 2.75) is 12.8 Å². The van der Waals surface area contributed by atoms with Crippen molar-refractivity contribution < 1.29 is 14.2 Å². The number of rotatable bonds is 5. The Morgan fingerprint density at radius 2 is 1.65 bits per heavy atom. The van der Waals surface area contributed by atoms with Crippen molar-refractivity contribution in [2.75, 3.05) is 14.2 Å². The quantitative estimate of drug-likeness (QED) is 0.757. The van der Waals surface area contributed by atoms with E-state index in [4.69, 9.17) is 25.8 Å². The lowest BCUT2D eigenvalue weighted by atomic mass is 10.1. The van der Waals surface area contributed by atoms with E-state index in [0.29, 0.717) is 23.1 Å². The fourth-order valence-corrected chi connectivity index (χ4v) is 2.22. The summed E-state index contributed by atoms with van der Waals surface area (Å²) in [4.78, 5) is 0. The standard InChI is InChI=1S/C16H17ClO3/c1-11-9-13(8-7-12(11)10-17)20-16-14(18-2)5-4-6-15(16)19-3/h4-9H,10H2,1-3H3. The summed E-state index contributed by atoms with van der Waals surface area (Å²) in [6.45, 7) is 2.00. The SMILES string of the molecule is COc1cccc(OC)c1Oc1ccc(CCl)c(C)c1. The van der Waals surface area contributed by atoms with E-state index in [2.05, 4.69) is 0 Å². The highest BCUT2D eigenvalue weighted by molar-refractivity contribution is 6.17. The zero-order valence-electron chi connectivity index (χ0n) is 11.8. The third kappa shape index (κ3) is 2.99. The molecule has 2 aromatic rings. The van der Waals surface area contributed by atoms with Crippen LogP contribution in [0.5, 0.6) is 23.0 Å². The summed E-state index contributed by atoms with van der Waals surface area (Å²) in [6.07, 6.45) is 0. The molecule has 0 fully saturated rings. The van der Waals surface area contributed by atoms with E-state index in [1.807, 2.05) is 43.3 Å². The van der Waals surface area contributed by atoms with E-state index in [0.717, 1.165) is 16.9 Å². The summed E-state index contributed by atoms with van der Waals surface area (Å²) in [5.41, 5.74) is 2.18. The first kappa shape index (κ1) is 14.5. The highest BCUT2D eigenvalue weighted by atomic mass is 35.5. The van der Waals surface area contributed by atoms with Crippen LogP contribution in [0.25, 0.3) is 0 Å². The highest BCUT2D eigenvalue weighted by Crippen LogP contribution is 2.40. The number of hydrogen-bond acceptors (Lipinski definition) is 3. The predicted octanol–water partition coefficient (Wildman–Crippen LogP) is 4.54. The van der Waals surface area contributed by atoms with Gasteiger partial charge in [0, 0.05) is 5.88 Å². The van der Waals surface area contributed by atoms with E-state index in [1.54, 1.807) is 14.2 Å². The van der Waals surface area contributed by atoms with Crippen molar-refractivity contribution in [1.29, 1.82) is 0 Å². The van der Waals surface area contributed by atoms with Gasteiger partial charge in [0.15, 0.2) is 11.5 Å². The molecular formula is C16H17ClO3. The van der Waals surface area contributed by atoms with Crippen LogP contribution in [0.1, 0.15) is 11.1 Å². The minimum atomic E-state index is 0.490. The maximum absolute atomic E-state index is 5.91. The molecule has 0 radical (unpaired) electrons. The number of alkyl halides is 1. The van der Waals surface area contributed by atoms with Crippen LogP contribution in [0.2, 0.25) is 0 Å². The Morgan fingerprint density at radius 1 is 1.00 bits per heavy atom. The van der Waals surface area contributed by atoms with E-state index in [-0.39, 0.29) is 0 Å². The normalized spacial score (nSPS) is 10.2. The smallest absolute Gasteiger partial charge is 0.210 e. The van der Waals surface area contributed by atoms with Crippen molar-refractivity contribution >= 4 is 11.6 Å². The number of hydrogen-bond donors (Lipinski definition) is 0. The molecule has 2 aromatic carbocycles. The Bertz CT molecular complexity index is 574. The summed E-state index contributed by atoms with van der Waals surface area (Å²) < 4.78 is 16.5. The molecule has 0 aliphatic rings. The Kier molecular flexibility index (Phi) is 4.74. The molecule has 0 bridgehead atoms. The molecular weight excluding hydrogens is 276 g/mol. The summed E-state index contributed by atoms with van der Waals surface area (Å²) >= 11 is 5.86. The Morgan fingerprint density at radius 3 is 2.15 bits per heavy atom. The first-order valence-corrected chi connectivity index (χ1v) is 6.77. The topological polar surface area (TPSA) is 27.7 Å². The van der Waals surface area contributed by atoms with Crippen LogP contribution in [-0.2, 0) is 5.88 Å². The van der Waals surface area contributed by atoms with Crippen LogP contribution in [0.15, 0.2) is 36.4 Å². The van der Waals surface area contributed by atoms with Gasteiger partial charge >= 0.3 is 0 Å². The molecule has 0 unspecified atom stereocenters. The summed E-state index contributed by atoms with van der Waals surface area (Å²) in [5.74, 6) is 3.03. The van der Waals surface area contributed by atoms with Crippen LogP contribution < -0.4 is 14.2 Å². The van der Waals surface area contributed by atoms with Gasteiger partial charge in [-0.25, -0.2) is 0 Å². The zero-order chi connectivity index (χ0) is 14.5. The maximum atomic E-state index is 5.91. The summed E-state index contributed by atoms with van der Waals surface area (Å²) in [6, 6.07) is 11.3. The highest BCUT2D eigenvalue weighted by Gasteiger charge is 2.12. The molecule has 20 heavy (non-hydrogen) atoms. The van der Waals surface area contributed by atoms with Crippen LogP contribution >= 0.6 is 11.6 Å². The molecule has 0 saturated heterocycles. The number of ether oxygens (including phenoxy) is 3. The monoisotopic (exact) mass is 292 g/mol. The molecule has 4 heteroatoms. The van der Waals surface area contributed by atoms with Crippen LogP contribution in [-0.4, -0.2) is 14.2 Å². The number of aryl methyl sites for hydroxylation is 1. The first-order valence-electron chi connectivity index (χ1n) is 6.24. The molecule has 0 aromatic heterocycles. The number of para-hydroxylation sites is 1. The van der Waals surface area contributed by atoms with Crippen LogP contribution in [0.3, 0.4) is 0 Å². The van der Waals surface area contributed by atoms with Gasteiger partial charge in [-0.15, -0.1) is 11.6 Å². The van der Waals surface area contributed by atoms with Crippen molar-refractivity contribution in [3.63, 3.8) is 0 Å². The molecule has 0 heterocycles. The fraction of sp³-hybridized carbons (Fsp3) is 0.250. The molecule has 3 nitrogen and oxygen atoms in total. The van der Waals surface area contributed by atoms with E-state index >= 15 is 0 Å². The minimum Gasteiger partial charge on any atom is -0.493 e. The van der Waals surface area contributed by atoms with Gasteiger partial charge in [0.25, 0.3) is 0 Å². The molecule has 2 rings (SSSR count). The first-order chi connectivity index (χ1) is 9.69. The number of methoxy groups -OCH3 is 2. The zero-order valence-corrected chi connectivity index (χ0v) is 12.5. The van der Waals surface area contributed by atoms with Crippen molar-refractivity contribution in [3.05, 3.63) is 47.5 Å². The van der Waals surface area contributed by atoms with Gasteiger partial charge in [-0.3, -0.25) is 0 Å². The van der Waals surface area contributed by atoms with Crippen molar-refractivity contribution in [1.82, 2.24) is 0 Å². The lowest BCUT2D eigenvalue weighted by Crippen LogP contribution is -1.95. The molecule has 0 aliphatic heterocycles. The van der Waals surface area contributed by atoms with E-state index in [1.165, 1.54) is 0 Å². The second-order valence-electron chi connectivity index (χ2n) is 4.32. The van der Waals surface area contributed by atoms with Gasteiger partial charge < -0.3 is 14.2 Å². The molecule has 0 atom stereocenters. The summed E-state index contributed by atoms with van der Waals surface area (Å²) in [5, 5.41) is 0. The predicted molar refractivity (Wildman–Crippen MR) is 80.4 cm³/mol. The minimum absolute atomic E-state index is 0.490. The molecule has 0 spiro atoms. The maximum Gasteiger partial charge on any atom is 0.210 e. The van der Waals surface area contributed by atoms with Crippen molar-refractivity contribution in [3.8, 4) is 23.0 Å². The van der Waals surface area contributed by atoms with Gasteiger partial charge in [-0.2, -0.15) is 0 Å². The molecule has 106 valence electrons. The lowest BCUT2D eigenvalue weighted by Gasteiger charge is -2.14. The van der Waals surface area contributed by atoms with Gasteiger partial charge in [-0.1, -0.05) is 12.1 Å². The Balaban J connectivity index is 2.36. The second-order valence-corrected chi connectivity index (χ2v) is 4.58. The largest absolute Gasteiger partial charge is 0.493 e. The van der Waals surface area contributed by atoms with Crippen LogP contribution in [0, 0.1) is 6.92 Å². The third-order valence-corrected chi connectivity index (χ3v) is 3.35.